The fourth-order valence-corrected chi connectivity index (χ4v) is 1.11. The first-order valence-electron chi connectivity index (χ1n) is 2.94. The Hall–Kier alpha value is -0.670. The van der Waals surface area contributed by atoms with Crippen LogP contribution < -0.4 is 11.1 Å². The molecule has 0 atom stereocenters. The smallest absolute Gasteiger partial charge is 0.147 e. The van der Waals surface area contributed by atoms with Crippen LogP contribution in [0.2, 0.25) is 10.0 Å². The Morgan fingerprint density at radius 3 is 2.64 bits per heavy atom. The highest BCUT2D eigenvalue weighted by molar-refractivity contribution is 6.37. The molecule has 5 heteroatoms. The molecule has 3 nitrogen and oxygen atoms in total. The van der Waals surface area contributed by atoms with E-state index in [9.17, 15) is 0 Å². The number of anilines is 2. The minimum atomic E-state index is 0.278. The number of aromatic nitrogens is 1. The molecule has 60 valence electrons. The first-order valence-corrected chi connectivity index (χ1v) is 3.70. The lowest BCUT2D eigenvalue weighted by Crippen LogP contribution is -1.98. The van der Waals surface area contributed by atoms with Gasteiger partial charge in [-0.1, -0.05) is 23.2 Å². The normalized spacial score (nSPS) is 9.73. The Morgan fingerprint density at radius 1 is 1.45 bits per heavy atom. The molecule has 1 rings (SSSR count). The number of nitrogens with one attached hydrogen (secondary N) is 1. The van der Waals surface area contributed by atoms with Gasteiger partial charge in [-0.05, 0) is 6.07 Å². The van der Waals surface area contributed by atoms with Gasteiger partial charge in [-0.25, -0.2) is 4.98 Å². The van der Waals surface area contributed by atoms with Crippen LogP contribution in [0.15, 0.2) is 6.07 Å². The van der Waals surface area contributed by atoms with E-state index in [2.05, 4.69) is 10.3 Å². The lowest BCUT2D eigenvalue weighted by atomic mass is 10.4. The van der Waals surface area contributed by atoms with Crippen LogP contribution in [0.25, 0.3) is 0 Å². The molecular weight excluding hydrogens is 185 g/mol. The molecule has 1 heterocycles. The Balaban J connectivity index is 3.21. The van der Waals surface area contributed by atoms with Crippen molar-refractivity contribution in [3.63, 3.8) is 0 Å². The largest absolute Gasteiger partial charge is 0.382 e. The maximum Gasteiger partial charge on any atom is 0.147 e. The summed E-state index contributed by atoms with van der Waals surface area (Å²) >= 11 is 11.4. The summed E-state index contributed by atoms with van der Waals surface area (Å²) < 4.78 is 0. The van der Waals surface area contributed by atoms with E-state index >= 15 is 0 Å². The third kappa shape index (κ3) is 1.67. The molecule has 0 bridgehead atoms. The summed E-state index contributed by atoms with van der Waals surface area (Å²) in [5, 5.41) is 3.62. The molecule has 0 aliphatic carbocycles. The number of hydrogen-bond donors (Lipinski definition) is 2. The first kappa shape index (κ1) is 8.43. The van der Waals surface area contributed by atoms with Gasteiger partial charge in [0.2, 0.25) is 0 Å². The molecule has 11 heavy (non-hydrogen) atoms. The number of nitrogens with zero attached hydrogens (tertiary/aromatic N) is 1. The molecule has 0 spiro atoms. The zero-order valence-corrected chi connectivity index (χ0v) is 7.37. The first-order chi connectivity index (χ1) is 5.15. The molecule has 0 aliphatic heterocycles. The van der Waals surface area contributed by atoms with E-state index in [1.54, 1.807) is 13.1 Å². The monoisotopic (exact) mass is 191 g/mol. The Labute approximate surface area is 74.5 Å². The zero-order chi connectivity index (χ0) is 8.43. The molecular formula is C6H7Cl2N3. The molecule has 1 aromatic heterocycles. The fraction of sp³-hybridized carbons (Fsp3) is 0.167. The van der Waals surface area contributed by atoms with Gasteiger partial charge in [0.25, 0.3) is 0 Å². The molecule has 1 aromatic rings. The molecule has 0 unspecified atom stereocenters. The van der Waals surface area contributed by atoms with Crippen LogP contribution in [0.5, 0.6) is 0 Å². The lowest BCUT2D eigenvalue weighted by Gasteiger charge is -2.03. The second-order valence-electron chi connectivity index (χ2n) is 1.94. The Morgan fingerprint density at radius 2 is 2.09 bits per heavy atom. The van der Waals surface area contributed by atoms with E-state index in [1.807, 2.05) is 0 Å². The van der Waals surface area contributed by atoms with E-state index in [-0.39, 0.29) is 5.82 Å². The topological polar surface area (TPSA) is 50.9 Å². The van der Waals surface area contributed by atoms with Crippen LogP contribution in [0.1, 0.15) is 0 Å². The maximum atomic E-state index is 5.74. The van der Waals surface area contributed by atoms with Gasteiger partial charge in [0, 0.05) is 7.05 Å². The number of rotatable bonds is 1. The summed E-state index contributed by atoms with van der Waals surface area (Å²) in [5.74, 6) is 0.814. The number of nitrogens with two attached hydrogens (primary N) is 1. The Bertz CT molecular complexity index is 275. The third-order valence-electron chi connectivity index (χ3n) is 1.19. The van der Waals surface area contributed by atoms with Gasteiger partial charge >= 0.3 is 0 Å². The van der Waals surface area contributed by atoms with Crippen molar-refractivity contribution in [3.05, 3.63) is 16.1 Å². The second-order valence-corrected chi connectivity index (χ2v) is 2.75. The minimum Gasteiger partial charge on any atom is -0.382 e. The maximum absolute atomic E-state index is 5.74. The van der Waals surface area contributed by atoms with Crippen LogP contribution in [-0.2, 0) is 0 Å². The van der Waals surface area contributed by atoms with Gasteiger partial charge < -0.3 is 11.1 Å². The van der Waals surface area contributed by atoms with Gasteiger partial charge in [0.15, 0.2) is 0 Å². The molecule has 0 radical (unpaired) electrons. The minimum absolute atomic E-state index is 0.278. The number of halogens is 2. The zero-order valence-electron chi connectivity index (χ0n) is 5.86. The van der Waals surface area contributed by atoms with E-state index in [1.165, 1.54) is 0 Å². The van der Waals surface area contributed by atoms with Crippen molar-refractivity contribution in [3.8, 4) is 0 Å². The van der Waals surface area contributed by atoms with Gasteiger partial charge in [0.05, 0.1) is 10.0 Å². The quantitative estimate of drug-likeness (QED) is 0.715. The van der Waals surface area contributed by atoms with Gasteiger partial charge in [-0.2, -0.15) is 0 Å². The summed E-state index contributed by atoms with van der Waals surface area (Å²) in [5.41, 5.74) is 5.42. The van der Waals surface area contributed by atoms with Crippen molar-refractivity contribution in [1.29, 1.82) is 0 Å². The number of pyridine rings is 1. The average molecular weight is 192 g/mol. The van der Waals surface area contributed by atoms with Gasteiger partial charge in [-0.3, -0.25) is 0 Å². The van der Waals surface area contributed by atoms with Crippen LogP contribution in [-0.4, -0.2) is 12.0 Å². The van der Waals surface area contributed by atoms with E-state index in [0.717, 1.165) is 0 Å². The van der Waals surface area contributed by atoms with Crippen molar-refractivity contribution in [2.45, 2.75) is 0 Å². The average Bonchev–Trinajstić information content (AvgIpc) is 1.97. The highest BCUT2D eigenvalue weighted by Gasteiger charge is 2.03. The predicted molar refractivity (Wildman–Crippen MR) is 48.2 cm³/mol. The molecule has 0 aliphatic rings. The van der Waals surface area contributed by atoms with Gasteiger partial charge in [0.1, 0.15) is 11.6 Å². The van der Waals surface area contributed by atoms with Crippen LogP contribution in [0, 0.1) is 0 Å². The molecule has 0 amide bonds. The van der Waals surface area contributed by atoms with Crippen molar-refractivity contribution in [1.82, 2.24) is 4.98 Å². The summed E-state index contributed by atoms with van der Waals surface area (Å²) in [6, 6.07) is 1.55. The van der Waals surface area contributed by atoms with Crippen LogP contribution >= 0.6 is 23.2 Å². The molecule has 3 N–H and O–H groups in total. The van der Waals surface area contributed by atoms with Crippen LogP contribution in [0.4, 0.5) is 11.6 Å². The molecule has 0 fully saturated rings. The molecule has 0 aromatic carbocycles. The lowest BCUT2D eigenvalue weighted by molar-refractivity contribution is 1.29. The van der Waals surface area contributed by atoms with Crippen molar-refractivity contribution in [2.24, 2.45) is 0 Å². The number of nitrogen functional groups attached to an aromatic ring is 1. The summed E-state index contributed by atoms with van der Waals surface area (Å²) in [6.45, 7) is 0. The molecule has 0 saturated heterocycles. The summed E-state index contributed by atoms with van der Waals surface area (Å²) in [7, 11) is 1.71. The predicted octanol–water partition coefficient (Wildman–Crippen LogP) is 2.01. The highest BCUT2D eigenvalue weighted by Crippen LogP contribution is 2.26. The second kappa shape index (κ2) is 3.15. The van der Waals surface area contributed by atoms with Gasteiger partial charge in [-0.15, -0.1) is 0 Å². The van der Waals surface area contributed by atoms with E-state index in [4.69, 9.17) is 28.9 Å². The Kier molecular flexibility index (Phi) is 2.42. The summed E-state index contributed by atoms with van der Waals surface area (Å²) in [4.78, 5) is 3.89. The van der Waals surface area contributed by atoms with Crippen molar-refractivity contribution >= 4 is 34.8 Å². The number of hydrogen-bond acceptors (Lipinski definition) is 3. The fourth-order valence-electron chi connectivity index (χ4n) is 0.656. The highest BCUT2D eigenvalue weighted by atomic mass is 35.5. The standard InChI is InChI=1S/C6H7Cl2N3/c1-10-6-4(8)2-3(7)5(9)11-6/h2H,1H3,(H3,9,10,11). The van der Waals surface area contributed by atoms with Crippen LogP contribution in [0.3, 0.4) is 0 Å². The third-order valence-corrected chi connectivity index (χ3v) is 1.78. The SMILES string of the molecule is CNc1nc(N)c(Cl)cc1Cl. The van der Waals surface area contributed by atoms with Crippen molar-refractivity contribution in [2.75, 3.05) is 18.1 Å². The van der Waals surface area contributed by atoms with E-state index < -0.39 is 0 Å². The van der Waals surface area contributed by atoms with E-state index in [0.29, 0.717) is 15.9 Å². The summed E-state index contributed by atoms with van der Waals surface area (Å²) in [6.07, 6.45) is 0. The molecule has 0 saturated carbocycles. The van der Waals surface area contributed by atoms with Crippen molar-refractivity contribution < 1.29 is 0 Å².